The Morgan fingerprint density at radius 2 is 2.33 bits per heavy atom. The lowest BCUT2D eigenvalue weighted by atomic mass is 9.62. The molecule has 96 valence electrons. The van der Waals surface area contributed by atoms with Gasteiger partial charge in [0.15, 0.2) is 0 Å². The van der Waals surface area contributed by atoms with Crippen LogP contribution in [0.4, 0.5) is 0 Å². The van der Waals surface area contributed by atoms with Crippen molar-refractivity contribution < 1.29 is 14.6 Å². The number of ether oxygens (including phenoxy) is 1. The fourth-order valence-corrected chi connectivity index (χ4v) is 3.51. The summed E-state index contributed by atoms with van der Waals surface area (Å²) in [4.78, 5) is 11.7. The lowest BCUT2D eigenvalue weighted by Gasteiger charge is -2.42. The molecule has 3 rings (SSSR count). The van der Waals surface area contributed by atoms with Crippen molar-refractivity contribution in [1.82, 2.24) is 0 Å². The number of rotatable bonds is 1. The minimum Gasteiger partial charge on any atom is -0.423 e. The highest BCUT2D eigenvalue weighted by molar-refractivity contribution is 5.95. The number of fused-ring (bicyclic) bond motifs is 2. The van der Waals surface area contributed by atoms with Crippen LogP contribution in [0.15, 0.2) is 34.6 Å². The van der Waals surface area contributed by atoms with E-state index < -0.39 is 0 Å². The van der Waals surface area contributed by atoms with E-state index in [9.17, 15) is 9.90 Å². The van der Waals surface area contributed by atoms with Crippen LogP contribution in [0.3, 0.4) is 0 Å². The van der Waals surface area contributed by atoms with Gasteiger partial charge in [-0.15, -0.1) is 0 Å². The van der Waals surface area contributed by atoms with Gasteiger partial charge in [0.25, 0.3) is 0 Å². The third-order valence-electron chi connectivity index (χ3n) is 4.63. The van der Waals surface area contributed by atoms with Crippen molar-refractivity contribution >= 4 is 5.97 Å². The smallest absolute Gasteiger partial charge is 0.342 e. The summed E-state index contributed by atoms with van der Waals surface area (Å²) in [6.07, 6.45) is 7.39. The maximum absolute atomic E-state index is 11.7. The molecular formula is C15H18O3. The number of carbonyl (C=O) groups is 1. The molecular weight excluding hydrogens is 228 g/mol. The molecule has 2 aliphatic carbocycles. The van der Waals surface area contributed by atoms with E-state index >= 15 is 0 Å². The zero-order valence-electron chi connectivity index (χ0n) is 10.8. The first-order valence-electron chi connectivity index (χ1n) is 6.50. The van der Waals surface area contributed by atoms with E-state index in [-0.39, 0.29) is 18.0 Å². The Balaban J connectivity index is 2.10. The van der Waals surface area contributed by atoms with E-state index in [1.54, 1.807) is 0 Å². The molecule has 0 saturated carbocycles. The Morgan fingerprint density at radius 3 is 3.06 bits per heavy atom. The quantitative estimate of drug-likeness (QED) is 0.571. The number of hydrogen-bond acceptors (Lipinski definition) is 3. The van der Waals surface area contributed by atoms with Crippen LogP contribution >= 0.6 is 0 Å². The molecule has 0 fully saturated rings. The molecule has 1 aliphatic heterocycles. The van der Waals surface area contributed by atoms with Crippen LogP contribution in [0.5, 0.6) is 0 Å². The zero-order valence-corrected chi connectivity index (χ0v) is 10.8. The fraction of sp³-hybridized carbons (Fsp3) is 0.533. The number of allylic oxidation sites excluding steroid dienone is 4. The third kappa shape index (κ3) is 1.50. The van der Waals surface area contributed by atoms with Crippen LogP contribution in [-0.4, -0.2) is 17.7 Å². The number of aliphatic hydroxyl groups is 1. The van der Waals surface area contributed by atoms with Gasteiger partial charge in [0.05, 0.1) is 12.2 Å². The summed E-state index contributed by atoms with van der Waals surface area (Å²) < 4.78 is 5.29. The SMILES string of the molecule is CC1=CCCC2(C)C=C3OC(=O)C(CO)=C3CC12. The van der Waals surface area contributed by atoms with Crippen molar-refractivity contribution in [2.45, 2.75) is 33.1 Å². The Hall–Kier alpha value is -1.35. The Bertz CT molecular complexity index is 510. The minimum atomic E-state index is -0.373. The highest BCUT2D eigenvalue weighted by Gasteiger charge is 2.44. The summed E-state index contributed by atoms with van der Waals surface area (Å²) in [5, 5.41) is 9.30. The monoisotopic (exact) mass is 246 g/mol. The van der Waals surface area contributed by atoms with Crippen molar-refractivity contribution in [3.05, 3.63) is 34.6 Å². The van der Waals surface area contributed by atoms with Gasteiger partial charge in [0.2, 0.25) is 0 Å². The number of hydrogen-bond donors (Lipinski definition) is 1. The summed E-state index contributed by atoms with van der Waals surface area (Å²) in [6, 6.07) is 0. The van der Waals surface area contributed by atoms with Crippen molar-refractivity contribution in [3.63, 3.8) is 0 Å². The first kappa shape index (κ1) is 11.7. The summed E-state index contributed by atoms with van der Waals surface area (Å²) in [6.45, 7) is 4.18. The standard InChI is InChI=1S/C15H18O3/c1-9-4-3-5-15(2)7-13-10(6-12(9)15)11(8-16)14(17)18-13/h4,7,12,16H,3,5-6,8H2,1-2H3. The van der Waals surface area contributed by atoms with Crippen LogP contribution in [0.25, 0.3) is 0 Å². The molecule has 0 aromatic heterocycles. The largest absolute Gasteiger partial charge is 0.423 e. The van der Waals surface area contributed by atoms with Gasteiger partial charge in [-0.05, 0) is 43.6 Å². The maximum atomic E-state index is 11.7. The van der Waals surface area contributed by atoms with E-state index in [1.807, 2.05) is 0 Å². The molecule has 2 unspecified atom stereocenters. The van der Waals surface area contributed by atoms with E-state index in [0.717, 1.165) is 24.8 Å². The van der Waals surface area contributed by atoms with Gasteiger partial charge in [-0.1, -0.05) is 18.6 Å². The van der Waals surface area contributed by atoms with Crippen LogP contribution in [0.2, 0.25) is 0 Å². The Morgan fingerprint density at radius 1 is 1.56 bits per heavy atom. The molecule has 1 heterocycles. The second-order valence-electron chi connectivity index (χ2n) is 5.76. The topological polar surface area (TPSA) is 46.5 Å². The number of aliphatic hydroxyl groups excluding tert-OH is 1. The van der Waals surface area contributed by atoms with Gasteiger partial charge in [0.1, 0.15) is 5.76 Å². The lowest BCUT2D eigenvalue weighted by molar-refractivity contribution is -0.133. The summed E-state index contributed by atoms with van der Waals surface area (Å²) >= 11 is 0. The molecule has 3 aliphatic rings. The molecule has 0 amide bonds. The van der Waals surface area contributed by atoms with Gasteiger partial charge in [0, 0.05) is 5.57 Å². The molecule has 0 bridgehead atoms. The molecule has 0 aromatic rings. The third-order valence-corrected chi connectivity index (χ3v) is 4.63. The fourth-order valence-electron chi connectivity index (χ4n) is 3.51. The molecule has 0 saturated heterocycles. The van der Waals surface area contributed by atoms with E-state index in [1.165, 1.54) is 5.57 Å². The van der Waals surface area contributed by atoms with Crippen molar-refractivity contribution in [2.24, 2.45) is 11.3 Å². The van der Waals surface area contributed by atoms with Crippen molar-refractivity contribution in [1.29, 1.82) is 0 Å². The molecule has 18 heavy (non-hydrogen) atoms. The van der Waals surface area contributed by atoms with Crippen molar-refractivity contribution in [2.75, 3.05) is 6.61 Å². The minimum absolute atomic E-state index is 0.0862. The Labute approximate surface area is 107 Å². The van der Waals surface area contributed by atoms with E-state index in [4.69, 9.17) is 4.74 Å². The average Bonchev–Trinajstić information content (AvgIpc) is 2.60. The van der Waals surface area contributed by atoms with Crippen LogP contribution in [-0.2, 0) is 9.53 Å². The van der Waals surface area contributed by atoms with Crippen LogP contribution < -0.4 is 0 Å². The highest BCUT2D eigenvalue weighted by Crippen LogP contribution is 2.52. The predicted molar refractivity (Wildman–Crippen MR) is 67.5 cm³/mol. The van der Waals surface area contributed by atoms with Crippen LogP contribution in [0.1, 0.15) is 33.1 Å². The predicted octanol–water partition coefficient (Wildman–Crippen LogP) is 2.48. The highest BCUT2D eigenvalue weighted by atomic mass is 16.5. The van der Waals surface area contributed by atoms with Gasteiger partial charge < -0.3 is 9.84 Å². The second kappa shape index (κ2) is 3.82. The first-order chi connectivity index (χ1) is 8.55. The number of esters is 1. The molecule has 2 atom stereocenters. The lowest BCUT2D eigenvalue weighted by Crippen LogP contribution is -2.33. The maximum Gasteiger partial charge on any atom is 0.342 e. The molecule has 3 nitrogen and oxygen atoms in total. The van der Waals surface area contributed by atoms with Gasteiger partial charge in [-0.2, -0.15) is 0 Å². The van der Waals surface area contributed by atoms with Crippen LogP contribution in [0, 0.1) is 11.3 Å². The second-order valence-corrected chi connectivity index (χ2v) is 5.76. The molecule has 0 aromatic carbocycles. The summed E-state index contributed by atoms with van der Waals surface area (Å²) in [7, 11) is 0. The van der Waals surface area contributed by atoms with Gasteiger partial charge in [-0.3, -0.25) is 0 Å². The Kier molecular flexibility index (Phi) is 2.49. The molecule has 0 radical (unpaired) electrons. The van der Waals surface area contributed by atoms with Crippen molar-refractivity contribution in [3.8, 4) is 0 Å². The molecule has 1 N–H and O–H groups in total. The zero-order chi connectivity index (χ0) is 12.9. The average molecular weight is 246 g/mol. The normalized spacial score (nSPS) is 34.6. The summed E-state index contributed by atoms with van der Waals surface area (Å²) in [5.74, 6) is 0.751. The van der Waals surface area contributed by atoms with E-state index in [0.29, 0.717) is 17.3 Å². The van der Waals surface area contributed by atoms with E-state index in [2.05, 4.69) is 26.0 Å². The molecule has 3 heteroatoms. The number of carbonyl (C=O) groups excluding carboxylic acids is 1. The summed E-state index contributed by atoms with van der Waals surface area (Å²) in [5.41, 5.74) is 2.84. The first-order valence-corrected chi connectivity index (χ1v) is 6.50. The molecule has 0 spiro atoms. The van der Waals surface area contributed by atoms with Gasteiger partial charge in [-0.25, -0.2) is 4.79 Å². The van der Waals surface area contributed by atoms with Gasteiger partial charge >= 0.3 is 5.97 Å².